The van der Waals surface area contributed by atoms with Crippen LogP contribution >= 0.6 is 11.3 Å². The molecule has 0 bridgehead atoms. The van der Waals surface area contributed by atoms with Gasteiger partial charge in [-0.15, -0.1) is 11.3 Å². The van der Waals surface area contributed by atoms with Gasteiger partial charge in [0.1, 0.15) is 0 Å². The molecule has 0 saturated heterocycles. The molecule has 2 aromatic heterocycles. The lowest BCUT2D eigenvalue weighted by atomic mass is 10.0. The summed E-state index contributed by atoms with van der Waals surface area (Å²) in [5, 5.41) is 9.23. The van der Waals surface area contributed by atoms with E-state index in [1.807, 2.05) is 30.5 Å². The lowest BCUT2D eigenvalue weighted by Gasteiger charge is -2.16. The van der Waals surface area contributed by atoms with E-state index in [4.69, 9.17) is 4.74 Å². The molecule has 6 nitrogen and oxygen atoms in total. The average molecular weight is 383 g/mol. The van der Waals surface area contributed by atoms with Gasteiger partial charge in [-0.05, 0) is 35.6 Å². The van der Waals surface area contributed by atoms with Gasteiger partial charge >= 0.3 is 5.97 Å². The summed E-state index contributed by atoms with van der Waals surface area (Å²) >= 11 is 1.63. The van der Waals surface area contributed by atoms with E-state index in [9.17, 15) is 9.59 Å². The molecule has 3 rings (SSSR count). The number of thiophene rings is 1. The molecule has 0 aliphatic heterocycles. The van der Waals surface area contributed by atoms with Gasteiger partial charge in [0.05, 0.1) is 19.3 Å². The Morgan fingerprint density at radius 1 is 1.30 bits per heavy atom. The molecule has 0 aliphatic rings. The van der Waals surface area contributed by atoms with Gasteiger partial charge in [0.15, 0.2) is 5.69 Å². The zero-order valence-electron chi connectivity index (χ0n) is 15.4. The Bertz CT molecular complexity index is 947. The zero-order valence-corrected chi connectivity index (χ0v) is 16.2. The van der Waals surface area contributed by atoms with Crippen molar-refractivity contribution in [2.24, 2.45) is 7.05 Å². The minimum Gasteiger partial charge on any atom is -0.464 e. The summed E-state index contributed by atoms with van der Waals surface area (Å²) in [6, 6.07) is 11.1. The van der Waals surface area contributed by atoms with Gasteiger partial charge in [0, 0.05) is 23.1 Å². The van der Waals surface area contributed by atoms with Gasteiger partial charge in [0.25, 0.3) is 5.91 Å². The number of aromatic nitrogens is 2. The highest BCUT2D eigenvalue weighted by atomic mass is 32.1. The first-order chi connectivity index (χ1) is 13.0. The number of methoxy groups -OCH3 is 1. The monoisotopic (exact) mass is 383 g/mol. The predicted octanol–water partition coefficient (Wildman–Crippen LogP) is 3.82. The molecule has 1 N–H and O–H groups in total. The minimum atomic E-state index is -0.469. The molecule has 0 saturated carbocycles. The number of rotatable bonds is 6. The third kappa shape index (κ3) is 3.93. The highest BCUT2D eigenvalue weighted by Crippen LogP contribution is 2.26. The Labute approximate surface area is 161 Å². The highest BCUT2D eigenvalue weighted by Gasteiger charge is 2.20. The van der Waals surface area contributed by atoms with Crippen LogP contribution in [0.2, 0.25) is 0 Å². The summed E-state index contributed by atoms with van der Waals surface area (Å²) in [7, 11) is 3.01. The van der Waals surface area contributed by atoms with Gasteiger partial charge in [-0.25, -0.2) is 4.79 Å². The van der Waals surface area contributed by atoms with E-state index in [-0.39, 0.29) is 11.9 Å². The smallest absolute Gasteiger partial charge is 0.356 e. The molecule has 2 heterocycles. The van der Waals surface area contributed by atoms with Crippen molar-refractivity contribution in [3.8, 4) is 11.1 Å². The Morgan fingerprint density at radius 2 is 2.11 bits per heavy atom. The Kier molecular flexibility index (Phi) is 5.71. The number of nitrogens with zero attached hydrogens (tertiary/aromatic N) is 2. The number of hydrogen-bond donors (Lipinski definition) is 1. The molecular formula is C20H21N3O3S. The molecule has 1 aromatic carbocycles. The Balaban J connectivity index is 1.88. The molecule has 0 radical (unpaired) electrons. The maximum absolute atomic E-state index is 12.8. The third-order valence-corrected chi connectivity index (χ3v) is 5.34. The number of carbonyl (C=O) groups is 2. The molecule has 7 heteroatoms. The second-order valence-electron chi connectivity index (χ2n) is 6.05. The van der Waals surface area contributed by atoms with Crippen LogP contribution in [0.5, 0.6) is 0 Å². The van der Waals surface area contributed by atoms with Gasteiger partial charge < -0.3 is 10.1 Å². The molecule has 27 heavy (non-hydrogen) atoms. The summed E-state index contributed by atoms with van der Waals surface area (Å²) < 4.78 is 6.32. The first-order valence-electron chi connectivity index (χ1n) is 8.60. The molecule has 0 spiro atoms. The van der Waals surface area contributed by atoms with Crippen molar-refractivity contribution in [1.82, 2.24) is 15.1 Å². The van der Waals surface area contributed by atoms with Crippen LogP contribution in [0.3, 0.4) is 0 Å². The molecule has 0 aliphatic carbocycles. The maximum Gasteiger partial charge on any atom is 0.356 e. The zero-order chi connectivity index (χ0) is 19.4. The number of carbonyl (C=O) groups excluding carboxylic acids is 2. The van der Waals surface area contributed by atoms with Crippen LogP contribution < -0.4 is 5.32 Å². The van der Waals surface area contributed by atoms with E-state index in [1.165, 1.54) is 11.8 Å². The third-order valence-electron chi connectivity index (χ3n) is 4.35. The molecule has 140 valence electrons. The van der Waals surface area contributed by atoms with E-state index >= 15 is 0 Å². The van der Waals surface area contributed by atoms with E-state index in [0.717, 1.165) is 16.9 Å². The first-order valence-corrected chi connectivity index (χ1v) is 9.48. The van der Waals surface area contributed by atoms with E-state index in [2.05, 4.69) is 10.4 Å². The minimum absolute atomic E-state index is 0.0230. The van der Waals surface area contributed by atoms with Crippen LogP contribution in [0.25, 0.3) is 11.1 Å². The van der Waals surface area contributed by atoms with Crippen molar-refractivity contribution in [2.75, 3.05) is 7.11 Å². The lowest BCUT2D eigenvalue weighted by Crippen LogP contribution is -2.27. The number of ether oxygens (including phenoxy) is 1. The van der Waals surface area contributed by atoms with Gasteiger partial charge in [-0.2, -0.15) is 5.10 Å². The van der Waals surface area contributed by atoms with Crippen LogP contribution in [-0.2, 0) is 11.8 Å². The second kappa shape index (κ2) is 8.18. The number of aryl methyl sites for hydroxylation is 1. The SMILES string of the molecule is CC[C@H](NC(=O)c1cccc(-c2cnn(C)c2C(=O)OC)c1)c1cccs1. The topological polar surface area (TPSA) is 73.2 Å². The number of benzene rings is 1. The van der Waals surface area contributed by atoms with Gasteiger partial charge in [-0.1, -0.05) is 25.1 Å². The van der Waals surface area contributed by atoms with E-state index < -0.39 is 5.97 Å². The fourth-order valence-corrected chi connectivity index (χ4v) is 3.78. The number of amides is 1. The van der Waals surface area contributed by atoms with Crippen molar-refractivity contribution >= 4 is 23.2 Å². The van der Waals surface area contributed by atoms with Gasteiger partial charge in [-0.3, -0.25) is 9.48 Å². The summed E-state index contributed by atoms with van der Waals surface area (Å²) in [6.45, 7) is 2.04. The van der Waals surface area contributed by atoms with Crippen molar-refractivity contribution < 1.29 is 14.3 Å². The second-order valence-corrected chi connectivity index (χ2v) is 7.03. The van der Waals surface area contributed by atoms with Crippen molar-refractivity contribution in [3.63, 3.8) is 0 Å². The molecule has 0 unspecified atom stereocenters. The Morgan fingerprint density at radius 3 is 2.78 bits per heavy atom. The van der Waals surface area contributed by atoms with E-state index in [1.54, 1.807) is 42.8 Å². The van der Waals surface area contributed by atoms with Gasteiger partial charge in [0.2, 0.25) is 0 Å². The lowest BCUT2D eigenvalue weighted by molar-refractivity contribution is 0.0589. The summed E-state index contributed by atoms with van der Waals surface area (Å²) in [6.07, 6.45) is 2.41. The van der Waals surface area contributed by atoms with Crippen molar-refractivity contribution in [3.05, 3.63) is 64.1 Å². The summed E-state index contributed by atoms with van der Waals surface area (Å²) in [5.41, 5.74) is 2.24. The predicted molar refractivity (Wildman–Crippen MR) is 105 cm³/mol. The summed E-state index contributed by atoms with van der Waals surface area (Å²) in [5.74, 6) is -0.621. The normalized spacial score (nSPS) is 11.8. The molecule has 1 amide bonds. The largest absolute Gasteiger partial charge is 0.464 e. The van der Waals surface area contributed by atoms with Crippen molar-refractivity contribution in [1.29, 1.82) is 0 Å². The van der Waals surface area contributed by atoms with E-state index in [0.29, 0.717) is 16.8 Å². The fourth-order valence-electron chi connectivity index (χ4n) is 2.92. The number of esters is 1. The Hall–Kier alpha value is -2.93. The molecular weight excluding hydrogens is 362 g/mol. The average Bonchev–Trinajstić information content (AvgIpc) is 3.35. The fraction of sp³-hybridized carbons (Fsp3) is 0.250. The van der Waals surface area contributed by atoms with Crippen LogP contribution in [0.15, 0.2) is 48.0 Å². The standard InChI is InChI=1S/C20H21N3O3S/c1-4-16(17-9-6-10-27-17)22-19(24)14-8-5-7-13(11-14)15-12-21-23(2)18(15)20(25)26-3/h5-12,16H,4H2,1-3H3,(H,22,24)/t16-/m0/s1. The molecule has 0 fully saturated rings. The van der Waals surface area contributed by atoms with Crippen LogP contribution in [-0.4, -0.2) is 28.8 Å². The number of hydrogen-bond acceptors (Lipinski definition) is 5. The highest BCUT2D eigenvalue weighted by molar-refractivity contribution is 7.10. The number of nitrogens with one attached hydrogen (secondary N) is 1. The van der Waals surface area contributed by atoms with Crippen LogP contribution in [0, 0.1) is 0 Å². The molecule has 1 atom stereocenters. The van der Waals surface area contributed by atoms with Crippen LogP contribution in [0.4, 0.5) is 0 Å². The molecule has 3 aromatic rings. The quantitative estimate of drug-likeness (QED) is 0.657. The van der Waals surface area contributed by atoms with Crippen LogP contribution in [0.1, 0.15) is 45.1 Å². The first kappa shape index (κ1) is 18.8. The summed E-state index contributed by atoms with van der Waals surface area (Å²) in [4.78, 5) is 25.9. The van der Waals surface area contributed by atoms with Crippen molar-refractivity contribution in [2.45, 2.75) is 19.4 Å². The maximum atomic E-state index is 12.8.